The van der Waals surface area contributed by atoms with Crippen molar-refractivity contribution in [2.45, 2.75) is 63.6 Å². The molecule has 2 heterocycles. The van der Waals surface area contributed by atoms with E-state index in [1.807, 2.05) is 13.8 Å². The number of aromatic nitrogens is 2. The van der Waals surface area contributed by atoms with Crippen LogP contribution in [0.5, 0.6) is 11.6 Å². The normalized spacial score (nSPS) is 28.2. The number of aliphatic hydroxyl groups is 5. The van der Waals surface area contributed by atoms with E-state index in [1.165, 1.54) is 13.2 Å². The number of hydrogen-bond donors (Lipinski definition) is 5. The number of methoxy groups -OCH3 is 1. The minimum atomic E-state index is -2.82. The Bertz CT molecular complexity index is 950. The fourth-order valence-electron chi connectivity index (χ4n) is 3.65. The van der Waals surface area contributed by atoms with Gasteiger partial charge in [0.15, 0.2) is 6.10 Å². The second kappa shape index (κ2) is 9.30. The van der Waals surface area contributed by atoms with E-state index in [0.29, 0.717) is 22.6 Å². The Kier molecular flexibility index (Phi) is 7.08. The van der Waals surface area contributed by atoms with E-state index in [9.17, 15) is 29.9 Å². The molecule has 3 rings (SSSR count). The van der Waals surface area contributed by atoms with Crippen molar-refractivity contribution in [2.24, 2.45) is 0 Å². The first-order valence-electron chi connectivity index (χ1n) is 10.2. The Morgan fingerprint density at radius 2 is 1.94 bits per heavy atom. The Labute approximate surface area is 184 Å². The molecule has 0 amide bonds. The maximum Gasteiger partial charge on any atom is 0.356 e. The first-order chi connectivity index (χ1) is 15.0. The molecule has 0 spiro atoms. The molecule has 1 fully saturated rings. The van der Waals surface area contributed by atoms with E-state index in [-0.39, 0.29) is 18.3 Å². The van der Waals surface area contributed by atoms with Gasteiger partial charge in [-0.1, -0.05) is 6.07 Å². The van der Waals surface area contributed by atoms with Gasteiger partial charge in [-0.25, -0.2) is 4.39 Å². The average Bonchev–Trinajstić information content (AvgIpc) is 3.06. The number of benzene rings is 1. The third-order valence-electron chi connectivity index (χ3n) is 5.52. The summed E-state index contributed by atoms with van der Waals surface area (Å²) in [7, 11) is 1.43. The number of aliphatic hydroxyl groups excluding tert-OH is 4. The molecular formula is C21H29FN2O8. The number of ether oxygens (including phenoxy) is 3. The Hall–Kier alpha value is -2.28. The van der Waals surface area contributed by atoms with Crippen molar-refractivity contribution in [3.05, 3.63) is 40.8 Å². The van der Waals surface area contributed by atoms with E-state index in [2.05, 4.69) is 5.10 Å². The highest BCUT2D eigenvalue weighted by molar-refractivity contribution is 5.39. The number of rotatable bonds is 7. The molecular weight excluding hydrogens is 427 g/mol. The van der Waals surface area contributed by atoms with Gasteiger partial charge in [0.25, 0.3) is 0 Å². The van der Waals surface area contributed by atoms with Crippen LogP contribution in [0.2, 0.25) is 0 Å². The highest BCUT2D eigenvalue weighted by Gasteiger charge is 2.55. The molecule has 11 heteroatoms. The lowest BCUT2D eigenvalue weighted by molar-refractivity contribution is -0.423. The van der Waals surface area contributed by atoms with Crippen molar-refractivity contribution in [1.82, 2.24) is 9.78 Å². The van der Waals surface area contributed by atoms with Crippen LogP contribution >= 0.6 is 0 Å². The van der Waals surface area contributed by atoms with Crippen LogP contribution in [0.4, 0.5) is 4.39 Å². The van der Waals surface area contributed by atoms with E-state index >= 15 is 0 Å². The molecule has 0 bridgehead atoms. The fraction of sp³-hybridized carbons (Fsp3) is 0.571. The highest BCUT2D eigenvalue weighted by Crippen LogP contribution is 2.35. The van der Waals surface area contributed by atoms with E-state index in [1.54, 1.807) is 23.7 Å². The van der Waals surface area contributed by atoms with Crippen molar-refractivity contribution < 1.29 is 44.1 Å². The first-order valence-corrected chi connectivity index (χ1v) is 10.2. The van der Waals surface area contributed by atoms with Crippen LogP contribution in [0.1, 0.15) is 36.7 Å². The predicted octanol–water partition coefficient (Wildman–Crippen LogP) is 0.00962. The highest BCUT2D eigenvalue weighted by atomic mass is 19.1. The third-order valence-corrected chi connectivity index (χ3v) is 5.52. The molecule has 0 radical (unpaired) electrons. The Morgan fingerprint density at radius 3 is 2.50 bits per heavy atom. The van der Waals surface area contributed by atoms with Gasteiger partial charge in [0, 0.05) is 29.8 Å². The number of hydrogen-bond acceptors (Lipinski definition) is 9. The van der Waals surface area contributed by atoms with Crippen LogP contribution in [0.3, 0.4) is 0 Å². The summed E-state index contributed by atoms with van der Waals surface area (Å²) in [5.41, 5.74) is 1.34. The predicted molar refractivity (Wildman–Crippen MR) is 109 cm³/mol. The third kappa shape index (κ3) is 4.45. The zero-order valence-electron chi connectivity index (χ0n) is 18.3. The smallest absolute Gasteiger partial charge is 0.356 e. The zero-order chi connectivity index (χ0) is 23.8. The quantitative estimate of drug-likeness (QED) is 0.364. The summed E-state index contributed by atoms with van der Waals surface area (Å²) < 4.78 is 31.9. The van der Waals surface area contributed by atoms with Gasteiger partial charge < -0.3 is 39.7 Å². The Balaban J connectivity index is 2.00. The summed E-state index contributed by atoms with van der Waals surface area (Å²) in [6.45, 7) is 4.72. The summed E-state index contributed by atoms with van der Waals surface area (Å²) >= 11 is 0. The molecule has 1 aromatic heterocycles. The molecule has 0 aliphatic carbocycles. The molecule has 1 saturated heterocycles. The standard InChI is InChI=1S/C21H29FN2O8/c1-10(2)24-11(3)14(7-12-5-6-13(30-4)8-15(12)22)20(23-24)32-21(29)19(28)18(27)17(26)16(9-25)31-21/h5-6,8,10,16-19,25-29H,7,9H2,1-4H3/t16-,17-,18+,19-,21+/m1/s1. The molecule has 1 aliphatic rings. The van der Waals surface area contributed by atoms with Gasteiger partial charge in [0.2, 0.25) is 5.88 Å². The lowest BCUT2D eigenvalue weighted by Crippen LogP contribution is -2.67. The lowest BCUT2D eigenvalue weighted by atomic mass is 9.98. The molecule has 10 nitrogen and oxygen atoms in total. The van der Waals surface area contributed by atoms with E-state index in [4.69, 9.17) is 14.2 Å². The Morgan fingerprint density at radius 1 is 1.25 bits per heavy atom. The maximum atomic E-state index is 14.6. The van der Waals surface area contributed by atoms with Crippen molar-refractivity contribution >= 4 is 0 Å². The summed E-state index contributed by atoms with van der Waals surface area (Å²) in [5, 5.41) is 54.8. The first kappa shape index (κ1) is 24.4. The molecule has 2 aromatic rings. The van der Waals surface area contributed by atoms with Crippen LogP contribution in [0.15, 0.2) is 18.2 Å². The van der Waals surface area contributed by atoms with Crippen LogP contribution in [0, 0.1) is 12.7 Å². The minimum Gasteiger partial charge on any atom is -0.497 e. The second-order valence-electron chi connectivity index (χ2n) is 8.04. The molecule has 0 unspecified atom stereocenters. The van der Waals surface area contributed by atoms with Gasteiger partial charge in [-0.15, -0.1) is 5.10 Å². The molecule has 5 N–H and O–H groups in total. The van der Waals surface area contributed by atoms with Crippen molar-refractivity contribution in [2.75, 3.05) is 13.7 Å². The van der Waals surface area contributed by atoms with E-state index < -0.39 is 42.8 Å². The van der Waals surface area contributed by atoms with Crippen molar-refractivity contribution in [3.8, 4) is 11.6 Å². The van der Waals surface area contributed by atoms with E-state index in [0.717, 1.165) is 0 Å². The van der Waals surface area contributed by atoms with Crippen LogP contribution in [-0.4, -0.2) is 79.4 Å². The van der Waals surface area contributed by atoms with Gasteiger partial charge >= 0.3 is 5.97 Å². The topological polar surface area (TPSA) is 147 Å². The molecule has 32 heavy (non-hydrogen) atoms. The fourth-order valence-corrected chi connectivity index (χ4v) is 3.65. The summed E-state index contributed by atoms with van der Waals surface area (Å²) in [5.74, 6) is -3.14. The second-order valence-corrected chi connectivity index (χ2v) is 8.04. The van der Waals surface area contributed by atoms with Gasteiger partial charge in [0.1, 0.15) is 29.9 Å². The van der Waals surface area contributed by atoms with Gasteiger partial charge in [-0.2, -0.15) is 0 Å². The molecule has 1 aromatic carbocycles. The monoisotopic (exact) mass is 456 g/mol. The van der Waals surface area contributed by atoms with Crippen molar-refractivity contribution in [3.63, 3.8) is 0 Å². The summed E-state index contributed by atoms with van der Waals surface area (Å²) in [6.07, 6.45) is -6.97. The molecule has 0 saturated carbocycles. The summed E-state index contributed by atoms with van der Waals surface area (Å²) in [4.78, 5) is 0. The van der Waals surface area contributed by atoms with Crippen molar-refractivity contribution in [1.29, 1.82) is 0 Å². The van der Waals surface area contributed by atoms with Crippen LogP contribution in [0.25, 0.3) is 0 Å². The maximum absolute atomic E-state index is 14.6. The lowest BCUT2D eigenvalue weighted by Gasteiger charge is -2.43. The van der Waals surface area contributed by atoms with Crippen LogP contribution in [-0.2, 0) is 11.2 Å². The largest absolute Gasteiger partial charge is 0.497 e. The number of halogens is 1. The molecule has 178 valence electrons. The van der Waals surface area contributed by atoms with Gasteiger partial charge in [-0.3, -0.25) is 4.68 Å². The number of nitrogens with zero attached hydrogens (tertiary/aromatic N) is 2. The minimum absolute atomic E-state index is 0.0322. The molecule has 5 atom stereocenters. The average molecular weight is 456 g/mol. The van der Waals surface area contributed by atoms with Crippen LogP contribution < -0.4 is 9.47 Å². The summed E-state index contributed by atoms with van der Waals surface area (Å²) in [6, 6.07) is 4.28. The van der Waals surface area contributed by atoms with Gasteiger partial charge in [-0.05, 0) is 32.4 Å². The molecule has 1 aliphatic heterocycles. The van der Waals surface area contributed by atoms with Gasteiger partial charge in [0.05, 0.1) is 13.7 Å². The SMILES string of the molecule is COc1ccc(Cc2c(O[C@@]3(O)O[C@H](CO)[C@@H](O)[C@H](O)[C@H]3O)nn(C(C)C)c2C)c(F)c1. The zero-order valence-corrected chi connectivity index (χ0v) is 18.3.